The van der Waals surface area contributed by atoms with E-state index in [9.17, 15) is 4.39 Å². The molecule has 0 N–H and O–H groups in total. The maximum Gasteiger partial charge on any atom is 0.142 e. The van der Waals surface area contributed by atoms with E-state index in [0.29, 0.717) is 26.9 Å². The van der Waals surface area contributed by atoms with Crippen LogP contribution in [0.2, 0.25) is 15.1 Å². The summed E-state index contributed by atoms with van der Waals surface area (Å²) in [6, 6.07) is 7.89. The summed E-state index contributed by atoms with van der Waals surface area (Å²) in [5, 5.41) is 0.926. The van der Waals surface area contributed by atoms with Gasteiger partial charge in [-0.2, -0.15) is 0 Å². The summed E-state index contributed by atoms with van der Waals surface area (Å²) in [7, 11) is 1.51. The van der Waals surface area contributed by atoms with Crippen LogP contribution in [0, 0.1) is 5.82 Å². The monoisotopic (exact) mass is 396 g/mol. The highest BCUT2D eigenvalue weighted by molar-refractivity contribution is 9.09. The predicted molar refractivity (Wildman–Crippen MR) is 85.2 cm³/mol. The van der Waals surface area contributed by atoms with Crippen molar-refractivity contribution >= 4 is 50.7 Å². The summed E-state index contributed by atoms with van der Waals surface area (Å²) >= 11 is 21.8. The fourth-order valence-electron chi connectivity index (χ4n) is 1.78. The highest BCUT2D eigenvalue weighted by atomic mass is 79.9. The molecule has 1 nitrogen and oxygen atoms in total. The van der Waals surface area contributed by atoms with Gasteiger partial charge in [-0.1, -0.05) is 62.9 Å². The minimum atomic E-state index is -0.482. The second kappa shape index (κ2) is 6.52. The van der Waals surface area contributed by atoms with E-state index in [1.807, 2.05) is 0 Å². The molecule has 0 amide bonds. The minimum Gasteiger partial charge on any atom is -0.495 e. The Bertz CT molecular complexity index is 649. The fraction of sp³-hybridized carbons (Fsp3) is 0.143. The molecule has 0 spiro atoms. The molecule has 106 valence electrons. The van der Waals surface area contributed by atoms with Crippen LogP contribution in [0.1, 0.15) is 16.0 Å². The van der Waals surface area contributed by atoms with E-state index in [-0.39, 0.29) is 9.85 Å². The van der Waals surface area contributed by atoms with Crippen molar-refractivity contribution in [3.05, 3.63) is 62.3 Å². The van der Waals surface area contributed by atoms with Gasteiger partial charge in [-0.3, -0.25) is 0 Å². The Kier molecular flexibility index (Phi) is 5.19. The normalized spacial score (nSPS) is 12.3. The highest BCUT2D eigenvalue weighted by Gasteiger charge is 2.20. The molecule has 0 aromatic heterocycles. The van der Waals surface area contributed by atoms with E-state index in [0.717, 1.165) is 0 Å². The molecule has 0 aliphatic carbocycles. The van der Waals surface area contributed by atoms with Crippen molar-refractivity contribution in [2.24, 2.45) is 0 Å². The van der Waals surface area contributed by atoms with Gasteiger partial charge in [0.15, 0.2) is 0 Å². The summed E-state index contributed by atoms with van der Waals surface area (Å²) in [5.74, 6) is -0.00481. The van der Waals surface area contributed by atoms with Crippen LogP contribution in [0.3, 0.4) is 0 Å². The first kappa shape index (κ1) is 15.9. The Labute approximate surface area is 139 Å². The minimum absolute atomic E-state index is 0.0531. The number of hydrogen-bond acceptors (Lipinski definition) is 1. The number of alkyl halides is 1. The van der Waals surface area contributed by atoms with Crippen molar-refractivity contribution in [2.45, 2.75) is 4.83 Å². The summed E-state index contributed by atoms with van der Waals surface area (Å²) in [5.41, 5.74) is 1.26. The van der Waals surface area contributed by atoms with Crippen LogP contribution in [-0.4, -0.2) is 7.11 Å². The second-order valence-corrected chi connectivity index (χ2v) is 6.12. The highest BCUT2D eigenvalue weighted by Crippen LogP contribution is 2.42. The van der Waals surface area contributed by atoms with E-state index >= 15 is 0 Å². The van der Waals surface area contributed by atoms with Crippen molar-refractivity contribution in [3.8, 4) is 5.75 Å². The summed E-state index contributed by atoms with van der Waals surface area (Å²) < 4.78 is 18.6. The van der Waals surface area contributed by atoms with Crippen LogP contribution in [-0.2, 0) is 0 Å². The number of rotatable bonds is 3. The molecule has 1 atom stereocenters. The summed E-state index contributed by atoms with van der Waals surface area (Å²) in [6.07, 6.45) is 0. The van der Waals surface area contributed by atoms with Gasteiger partial charge in [0.2, 0.25) is 0 Å². The molecular formula is C14H9BrCl3FO. The average Bonchev–Trinajstić information content (AvgIpc) is 2.43. The molecule has 0 bridgehead atoms. The number of halogens is 5. The Morgan fingerprint density at radius 2 is 1.80 bits per heavy atom. The molecule has 2 aromatic rings. The number of methoxy groups -OCH3 is 1. The van der Waals surface area contributed by atoms with Crippen LogP contribution >= 0.6 is 50.7 Å². The van der Waals surface area contributed by atoms with Gasteiger partial charge < -0.3 is 4.74 Å². The van der Waals surface area contributed by atoms with Crippen molar-refractivity contribution in [1.82, 2.24) is 0 Å². The van der Waals surface area contributed by atoms with Crippen LogP contribution in [0.4, 0.5) is 4.39 Å². The van der Waals surface area contributed by atoms with E-state index in [4.69, 9.17) is 39.5 Å². The van der Waals surface area contributed by atoms with Gasteiger partial charge >= 0.3 is 0 Å². The fourth-order valence-corrected chi connectivity index (χ4v) is 3.55. The maximum atomic E-state index is 13.5. The van der Waals surface area contributed by atoms with Crippen molar-refractivity contribution < 1.29 is 9.13 Å². The first-order chi connectivity index (χ1) is 9.45. The van der Waals surface area contributed by atoms with E-state index in [1.54, 1.807) is 24.3 Å². The van der Waals surface area contributed by atoms with Crippen LogP contribution in [0.5, 0.6) is 5.75 Å². The molecule has 0 saturated carbocycles. The molecule has 0 radical (unpaired) electrons. The number of hydrogen-bond donors (Lipinski definition) is 0. The van der Waals surface area contributed by atoms with Gasteiger partial charge in [0.1, 0.15) is 11.6 Å². The zero-order valence-electron chi connectivity index (χ0n) is 10.3. The lowest BCUT2D eigenvalue weighted by Crippen LogP contribution is -1.97. The van der Waals surface area contributed by atoms with Gasteiger partial charge in [-0.25, -0.2) is 4.39 Å². The third kappa shape index (κ3) is 3.06. The van der Waals surface area contributed by atoms with E-state index in [2.05, 4.69) is 15.9 Å². The van der Waals surface area contributed by atoms with Gasteiger partial charge in [-0.05, 0) is 23.3 Å². The Morgan fingerprint density at radius 3 is 2.45 bits per heavy atom. The van der Waals surface area contributed by atoms with E-state index in [1.165, 1.54) is 13.2 Å². The zero-order valence-corrected chi connectivity index (χ0v) is 14.1. The topological polar surface area (TPSA) is 9.23 Å². The number of benzene rings is 2. The first-order valence-electron chi connectivity index (χ1n) is 5.56. The summed E-state index contributed by atoms with van der Waals surface area (Å²) in [6.45, 7) is 0. The van der Waals surface area contributed by atoms with Crippen LogP contribution < -0.4 is 4.74 Å². The van der Waals surface area contributed by atoms with Gasteiger partial charge in [-0.15, -0.1) is 0 Å². The maximum absolute atomic E-state index is 13.5. The number of ether oxygens (including phenoxy) is 1. The SMILES string of the molecule is COc1cc(Cl)c(C(Br)c2cccc(F)c2Cl)cc1Cl. The molecule has 0 saturated heterocycles. The van der Waals surface area contributed by atoms with Crippen molar-refractivity contribution in [2.75, 3.05) is 7.11 Å². The van der Waals surface area contributed by atoms with Crippen LogP contribution in [0.25, 0.3) is 0 Å². The molecule has 0 aliphatic rings. The average molecular weight is 398 g/mol. The lowest BCUT2D eigenvalue weighted by atomic mass is 10.0. The van der Waals surface area contributed by atoms with E-state index < -0.39 is 5.82 Å². The van der Waals surface area contributed by atoms with Crippen molar-refractivity contribution in [3.63, 3.8) is 0 Å². The second-order valence-electron chi connectivity index (χ2n) is 4.01. The molecule has 0 heterocycles. The Balaban J connectivity index is 2.51. The third-order valence-corrected chi connectivity index (χ3v) is 4.81. The molecule has 6 heteroatoms. The smallest absolute Gasteiger partial charge is 0.142 e. The first-order valence-corrected chi connectivity index (χ1v) is 7.61. The molecule has 2 aromatic carbocycles. The molecule has 0 aliphatic heterocycles. The Morgan fingerprint density at radius 1 is 1.10 bits per heavy atom. The molecule has 1 unspecified atom stereocenters. The lowest BCUT2D eigenvalue weighted by molar-refractivity contribution is 0.415. The molecular weight excluding hydrogens is 389 g/mol. The quantitative estimate of drug-likeness (QED) is 0.553. The Hall–Kier alpha value is -0.480. The largest absolute Gasteiger partial charge is 0.495 e. The predicted octanol–water partition coefficient (Wildman–Crippen LogP) is 6.28. The van der Waals surface area contributed by atoms with Gasteiger partial charge in [0.25, 0.3) is 0 Å². The lowest BCUT2D eigenvalue weighted by Gasteiger charge is -2.16. The van der Waals surface area contributed by atoms with Crippen LogP contribution in [0.15, 0.2) is 30.3 Å². The molecule has 2 rings (SSSR count). The molecule has 20 heavy (non-hydrogen) atoms. The molecule has 0 fully saturated rings. The van der Waals surface area contributed by atoms with Gasteiger partial charge in [0.05, 0.1) is 22.0 Å². The van der Waals surface area contributed by atoms with Gasteiger partial charge in [0, 0.05) is 11.1 Å². The van der Waals surface area contributed by atoms with Crippen molar-refractivity contribution in [1.29, 1.82) is 0 Å². The third-order valence-electron chi connectivity index (χ3n) is 2.80. The summed E-state index contributed by atoms with van der Waals surface area (Å²) in [4.78, 5) is -0.374. The standard InChI is InChI=1S/C14H9BrCl3FO/c1-20-12-6-9(16)8(5-10(12)17)13(15)7-3-2-4-11(19)14(7)18/h2-6,13H,1H3. The zero-order chi connectivity index (χ0) is 14.9.